The van der Waals surface area contributed by atoms with Gasteiger partial charge in [0, 0.05) is 30.4 Å². The highest BCUT2D eigenvalue weighted by atomic mass is 19.4. The monoisotopic (exact) mass is 466 g/mol. The van der Waals surface area contributed by atoms with Gasteiger partial charge in [0.1, 0.15) is 11.8 Å². The summed E-state index contributed by atoms with van der Waals surface area (Å²) in [7, 11) is 0. The fraction of sp³-hybridized carbons (Fsp3) is 0.308. The Labute approximate surface area is 196 Å². The van der Waals surface area contributed by atoms with Crippen molar-refractivity contribution in [2.45, 2.75) is 31.5 Å². The van der Waals surface area contributed by atoms with E-state index in [-0.39, 0.29) is 5.56 Å². The van der Waals surface area contributed by atoms with E-state index in [1.54, 1.807) is 6.20 Å². The second-order valence-corrected chi connectivity index (χ2v) is 8.35. The van der Waals surface area contributed by atoms with Crippen molar-refractivity contribution in [3.8, 4) is 23.1 Å². The average molecular weight is 467 g/mol. The quantitative estimate of drug-likeness (QED) is 0.538. The normalized spacial score (nSPS) is 15.6. The fourth-order valence-corrected chi connectivity index (χ4v) is 4.32. The van der Waals surface area contributed by atoms with E-state index >= 15 is 0 Å². The van der Waals surface area contributed by atoms with E-state index in [4.69, 9.17) is 10.5 Å². The van der Waals surface area contributed by atoms with E-state index in [0.29, 0.717) is 38.2 Å². The third-order valence-corrected chi connectivity index (χ3v) is 6.24. The number of halogens is 3. The molecule has 0 aliphatic carbocycles. The van der Waals surface area contributed by atoms with Crippen LogP contribution in [0, 0.1) is 11.3 Å². The lowest BCUT2D eigenvalue weighted by molar-refractivity contribution is -0.137. The summed E-state index contributed by atoms with van der Waals surface area (Å²) in [4.78, 5) is 6.55. The summed E-state index contributed by atoms with van der Waals surface area (Å²) in [6.07, 6.45) is -1.54. The first-order valence-electron chi connectivity index (χ1n) is 11.1. The smallest absolute Gasteiger partial charge is 0.416 e. The lowest BCUT2D eigenvalue weighted by Gasteiger charge is -2.40. The molecular formula is C26H25F3N4O. The Morgan fingerprint density at radius 1 is 1.12 bits per heavy atom. The number of hydrogen-bond acceptors (Lipinski definition) is 5. The average Bonchev–Trinajstić information content (AvgIpc) is 2.84. The third kappa shape index (κ3) is 4.70. The van der Waals surface area contributed by atoms with Crippen molar-refractivity contribution in [3.05, 3.63) is 77.5 Å². The van der Waals surface area contributed by atoms with Gasteiger partial charge in [-0.25, -0.2) is 0 Å². The molecule has 34 heavy (non-hydrogen) atoms. The number of ether oxygens (including phenoxy) is 1. The molecule has 0 saturated carbocycles. The van der Waals surface area contributed by atoms with Crippen LogP contribution in [-0.2, 0) is 11.7 Å². The number of nitrogens with zero attached hydrogens (tertiary/aromatic N) is 3. The first-order chi connectivity index (χ1) is 16.2. The maximum atomic E-state index is 13.0. The van der Waals surface area contributed by atoms with Gasteiger partial charge in [-0.3, -0.25) is 4.98 Å². The largest absolute Gasteiger partial charge is 0.493 e. The van der Waals surface area contributed by atoms with Gasteiger partial charge in [-0.1, -0.05) is 18.2 Å². The van der Waals surface area contributed by atoms with Gasteiger partial charge in [0.2, 0.25) is 0 Å². The number of aromatic nitrogens is 1. The third-order valence-electron chi connectivity index (χ3n) is 6.24. The van der Waals surface area contributed by atoms with Crippen molar-refractivity contribution in [2.24, 2.45) is 5.73 Å². The van der Waals surface area contributed by atoms with E-state index in [9.17, 15) is 18.4 Å². The molecule has 5 nitrogen and oxygen atoms in total. The van der Waals surface area contributed by atoms with Crippen molar-refractivity contribution in [1.29, 1.82) is 5.26 Å². The molecule has 0 radical (unpaired) electrons. The molecule has 2 N–H and O–H groups in total. The van der Waals surface area contributed by atoms with Crippen LogP contribution in [0.3, 0.4) is 0 Å². The van der Waals surface area contributed by atoms with E-state index in [1.165, 1.54) is 6.07 Å². The number of nitrogens with two attached hydrogens (primary N) is 1. The van der Waals surface area contributed by atoms with Crippen LogP contribution in [-0.4, -0.2) is 24.7 Å². The Bertz CT molecular complexity index is 1190. The number of benzene rings is 2. The lowest BCUT2D eigenvalue weighted by atomic mass is 9.82. The van der Waals surface area contributed by atoms with Crippen molar-refractivity contribution in [1.82, 2.24) is 4.98 Å². The Morgan fingerprint density at radius 2 is 1.85 bits per heavy atom. The summed E-state index contributed by atoms with van der Waals surface area (Å²) in [6.45, 7) is 3.53. The number of alkyl halides is 3. The molecule has 1 aliphatic rings. The molecule has 176 valence electrons. The van der Waals surface area contributed by atoms with E-state index < -0.39 is 17.3 Å². The maximum Gasteiger partial charge on any atom is 0.416 e. The zero-order chi connectivity index (χ0) is 24.3. The van der Waals surface area contributed by atoms with Gasteiger partial charge in [-0.05, 0) is 61.7 Å². The van der Waals surface area contributed by atoms with Gasteiger partial charge in [-0.15, -0.1) is 0 Å². The minimum atomic E-state index is -4.49. The zero-order valence-electron chi connectivity index (χ0n) is 18.8. The van der Waals surface area contributed by atoms with Gasteiger partial charge in [0.05, 0.1) is 29.1 Å². The van der Waals surface area contributed by atoms with Crippen molar-refractivity contribution < 1.29 is 17.9 Å². The molecule has 0 spiro atoms. The topological polar surface area (TPSA) is 75.2 Å². The van der Waals surface area contributed by atoms with Crippen molar-refractivity contribution in [2.75, 3.05) is 24.6 Å². The minimum Gasteiger partial charge on any atom is -0.493 e. The summed E-state index contributed by atoms with van der Waals surface area (Å²) >= 11 is 0. The summed E-state index contributed by atoms with van der Waals surface area (Å²) in [5.74, 6) is 0.769. The summed E-state index contributed by atoms with van der Waals surface area (Å²) in [5, 5.41) is 9.41. The van der Waals surface area contributed by atoms with E-state index in [0.717, 1.165) is 34.7 Å². The predicted octanol–water partition coefficient (Wildman–Crippen LogP) is 5.49. The van der Waals surface area contributed by atoms with E-state index in [1.807, 2.05) is 54.3 Å². The van der Waals surface area contributed by atoms with Gasteiger partial charge < -0.3 is 15.4 Å². The molecule has 1 aromatic heterocycles. The van der Waals surface area contributed by atoms with Crippen LogP contribution < -0.4 is 15.4 Å². The molecule has 8 heteroatoms. The number of pyridine rings is 1. The van der Waals surface area contributed by atoms with Crippen molar-refractivity contribution in [3.63, 3.8) is 0 Å². The molecule has 0 bridgehead atoms. The predicted molar refractivity (Wildman–Crippen MR) is 124 cm³/mol. The minimum absolute atomic E-state index is 0.0123. The summed E-state index contributed by atoms with van der Waals surface area (Å²) < 4.78 is 44.7. The molecule has 0 atom stereocenters. The Balaban J connectivity index is 1.50. The summed E-state index contributed by atoms with van der Waals surface area (Å²) in [6, 6.07) is 16.8. The van der Waals surface area contributed by atoms with Crippen molar-refractivity contribution >= 4 is 5.69 Å². The molecule has 3 aromatic rings. The molecule has 1 fully saturated rings. The van der Waals surface area contributed by atoms with Crippen LogP contribution >= 0.6 is 0 Å². The molecule has 1 aliphatic heterocycles. The van der Waals surface area contributed by atoms with Gasteiger partial charge in [-0.2, -0.15) is 18.4 Å². The molecule has 1 saturated heterocycles. The number of nitriles is 1. The van der Waals surface area contributed by atoms with E-state index in [2.05, 4.69) is 4.98 Å². The van der Waals surface area contributed by atoms with Crippen LogP contribution in [0.15, 0.2) is 60.8 Å². The standard InChI is InChI=1S/C26H25F3N4O/c1-2-34-24-6-4-3-5-21(24)22-9-7-20(17-32-22)25(31)11-13-33(14-12-25)23-10-8-19(26(27,28)29)15-18(23)16-30/h3-10,15,17H,2,11-14,31H2,1H3. The lowest BCUT2D eigenvalue weighted by Crippen LogP contribution is -2.48. The molecule has 2 heterocycles. The number of rotatable bonds is 5. The first-order valence-corrected chi connectivity index (χ1v) is 11.1. The van der Waals surface area contributed by atoms with Gasteiger partial charge in [0.15, 0.2) is 0 Å². The summed E-state index contributed by atoms with van der Waals surface area (Å²) in [5.41, 5.74) is 8.41. The Morgan fingerprint density at radius 3 is 2.47 bits per heavy atom. The van der Waals surface area contributed by atoms with Crippen LogP contribution in [0.5, 0.6) is 5.75 Å². The number of anilines is 1. The highest BCUT2D eigenvalue weighted by Crippen LogP contribution is 2.37. The van der Waals surface area contributed by atoms with Gasteiger partial charge >= 0.3 is 6.18 Å². The molecule has 0 amide bonds. The number of piperidine rings is 1. The van der Waals surface area contributed by atoms with Crippen LogP contribution in [0.1, 0.15) is 36.5 Å². The van der Waals surface area contributed by atoms with Gasteiger partial charge in [0.25, 0.3) is 0 Å². The molecular weight excluding hydrogens is 441 g/mol. The van der Waals surface area contributed by atoms with Crippen LogP contribution in [0.2, 0.25) is 0 Å². The highest BCUT2D eigenvalue weighted by molar-refractivity contribution is 5.67. The molecule has 2 aromatic carbocycles. The second-order valence-electron chi connectivity index (χ2n) is 8.35. The molecule has 0 unspecified atom stereocenters. The maximum absolute atomic E-state index is 13.0. The SMILES string of the molecule is CCOc1ccccc1-c1ccc(C2(N)CCN(c3ccc(C(F)(F)F)cc3C#N)CC2)cn1. The fourth-order valence-electron chi connectivity index (χ4n) is 4.32. The van der Waals surface area contributed by atoms with Crippen LogP contribution in [0.25, 0.3) is 11.3 Å². The number of para-hydroxylation sites is 1. The Kier molecular flexibility index (Phi) is 6.49. The highest BCUT2D eigenvalue weighted by Gasteiger charge is 2.35. The molecule has 4 rings (SSSR count). The Hall–Kier alpha value is -3.57. The second kappa shape index (κ2) is 9.35. The first kappa shape index (κ1) is 23.6. The number of hydrogen-bond donors (Lipinski definition) is 1. The van der Waals surface area contributed by atoms with Crippen LogP contribution in [0.4, 0.5) is 18.9 Å². The zero-order valence-corrected chi connectivity index (χ0v) is 18.8.